The molecule has 84 valence electrons. The molecule has 0 aliphatic rings. The normalized spacial score (nSPS) is 10.5. The summed E-state index contributed by atoms with van der Waals surface area (Å²) in [7, 11) is 0. The van der Waals surface area contributed by atoms with Crippen LogP contribution in [0.1, 0.15) is 31.2 Å². The maximum atomic E-state index is 8.36. The van der Waals surface area contributed by atoms with E-state index in [4.69, 9.17) is 16.8 Å². The molecule has 0 spiro atoms. The Kier molecular flexibility index (Phi) is 6.41. The number of unbranched alkanes of at least 4 members (excludes halogenated alkanes) is 3. The van der Waals surface area contributed by atoms with Crippen molar-refractivity contribution < 1.29 is 5.21 Å². The summed E-state index contributed by atoms with van der Waals surface area (Å²) < 4.78 is 0. The van der Waals surface area contributed by atoms with Gasteiger partial charge in [0.15, 0.2) is 0 Å². The van der Waals surface area contributed by atoms with Gasteiger partial charge < -0.3 is 5.21 Å². The topological polar surface area (TPSA) is 32.3 Å². The number of benzene rings is 1. The maximum Gasteiger partial charge on any atom is 0.0406 e. The average Bonchev–Trinajstić information content (AvgIpc) is 2.26. The lowest BCUT2D eigenvalue weighted by atomic mass is 10.1. The van der Waals surface area contributed by atoms with Crippen LogP contribution in [0.25, 0.3) is 0 Å². The third kappa shape index (κ3) is 5.78. The monoisotopic (exact) mass is 227 g/mol. The van der Waals surface area contributed by atoms with Gasteiger partial charge in [-0.25, -0.2) is 5.48 Å². The first kappa shape index (κ1) is 12.5. The van der Waals surface area contributed by atoms with Crippen LogP contribution in [-0.4, -0.2) is 11.8 Å². The summed E-state index contributed by atoms with van der Waals surface area (Å²) >= 11 is 5.80. The van der Waals surface area contributed by atoms with Gasteiger partial charge in [-0.15, -0.1) is 0 Å². The van der Waals surface area contributed by atoms with Crippen molar-refractivity contribution in [2.75, 3.05) is 6.54 Å². The Balaban J connectivity index is 2.07. The second-order valence-electron chi connectivity index (χ2n) is 3.70. The molecule has 0 unspecified atom stereocenters. The fourth-order valence-corrected chi connectivity index (χ4v) is 1.66. The second-order valence-corrected chi connectivity index (χ2v) is 4.14. The molecular weight excluding hydrogens is 210 g/mol. The molecule has 0 aliphatic heterocycles. The van der Waals surface area contributed by atoms with E-state index in [1.54, 1.807) is 0 Å². The van der Waals surface area contributed by atoms with Crippen molar-refractivity contribution in [3.8, 4) is 0 Å². The summed E-state index contributed by atoms with van der Waals surface area (Å²) in [5, 5.41) is 9.16. The molecule has 15 heavy (non-hydrogen) atoms. The Morgan fingerprint density at radius 3 is 2.33 bits per heavy atom. The Labute approximate surface area is 96.2 Å². The molecule has 0 saturated heterocycles. The van der Waals surface area contributed by atoms with E-state index in [9.17, 15) is 0 Å². The van der Waals surface area contributed by atoms with Crippen molar-refractivity contribution in [3.63, 3.8) is 0 Å². The molecule has 0 radical (unpaired) electrons. The third-order valence-electron chi connectivity index (χ3n) is 2.42. The van der Waals surface area contributed by atoms with Gasteiger partial charge in [0.05, 0.1) is 0 Å². The van der Waals surface area contributed by atoms with Gasteiger partial charge >= 0.3 is 0 Å². The first-order chi connectivity index (χ1) is 7.33. The van der Waals surface area contributed by atoms with E-state index in [1.807, 2.05) is 12.1 Å². The number of nitrogens with one attached hydrogen (secondary N) is 1. The molecular formula is C12H18ClNO. The van der Waals surface area contributed by atoms with E-state index in [-0.39, 0.29) is 0 Å². The van der Waals surface area contributed by atoms with Crippen LogP contribution >= 0.6 is 11.6 Å². The summed E-state index contributed by atoms with van der Waals surface area (Å²) in [6, 6.07) is 8.04. The molecule has 0 bridgehead atoms. The summed E-state index contributed by atoms with van der Waals surface area (Å²) in [4.78, 5) is 0. The zero-order chi connectivity index (χ0) is 10.9. The molecule has 3 heteroatoms. The van der Waals surface area contributed by atoms with Crippen molar-refractivity contribution in [3.05, 3.63) is 34.9 Å². The van der Waals surface area contributed by atoms with Gasteiger partial charge in [0.25, 0.3) is 0 Å². The zero-order valence-corrected chi connectivity index (χ0v) is 9.63. The predicted molar refractivity (Wildman–Crippen MR) is 63.4 cm³/mol. The second kappa shape index (κ2) is 7.69. The Morgan fingerprint density at radius 1 is 1.00 bits per heavy atom. The molecule has 1 rings (SSSR count). The number of hydrogen-bond donors (Lipinski definition) is 2. The van der Waals surface area contributed by atoms with Gasteiger partial charge in [-0.3, -0.25) is 0 Å². The summed E-state index contributed by atoms with van der Waals surface area (Å²) in [6.45, 7) is 0.695. The van der Waals surface area contributed by atoms with Crippen LogP contribution in [0.3, 0.4) is 0 Å². The van der Waals surface area contributed by atoms with Gasteiger partial charge in [0, 0.05) is 11.6 Å². The van der Waals surface area contributed by atoms with Crippen LogP contribution in [0.5, 0.6) is 0 Å². The quantitative estimate of drug-likeness (QED) is 0.553. The van der Waals surface area contributed by atoms with E-state index in [0.29, 0.717) is 6.54 Å². The summed E-state index contributed by atoms with van der Waals surface area (Å²) in [5.41, 5.74) is 3.51. The van der Waals surface area contributed by atoms with E-state index in [2.05, 4.69) is 17.6 Å². The average molecular weight is 228 g/mol. The lowest BCUT2D eigenvalue weighted by Gasteiger charge is -2.02. The third-order valence-corrected chi connectivity index (χ3v) is 2.67. The standard InChI is InChI=1S/C12H18ClNO/c13-12-8-6-11(7-9-12)5-3-1-2-4-10-14-15/h6-9,14-15H,1-5,10H2. The highest BCUT2D eigenvalue weighted by atomic mass is 35.5. The molecule has 0 heterocycles. The van der Waals surface area contributed by atoms with Crippen LogP contribution in [0.4, 0.5) is 0 Å². The molecule has 0 amide bonds. The first-order valence-electron chi connectivity index (χ1n) is 5.44. The zero-order valence-electron chi connectivity index (χ0n) is 8.88. The Morgan fingerprint density at radius 2 is 1.67 bits per heavy atom. The number of hydroxylamine groups is 1. The molecule has 1 aromatic carbocycles. The number of halogens is 1. The van der Waals surface area contributed by atoms with Crippen molar-refractivity contribution in [1.29, 1.82) is 0 Å². The lowest BCUT2D eigenvalue weighted by Crippen LogP contribution is -2.07. The molecule has 1 aromatic rings. The minimum Gasteiger partial charge on any atom is -0.317 e. The van der Waals surface area contributed by atoms with Crippen molar-refractivity contribution >= 4 is 11.6 Å². The van der Waals surface area contributed by atoms with Crippen molar-refractivity contribution in [2.24, 2.45) is 0 Å². The van der Waals surface area contributed by atoms with Crippen LogP contribution in [-0.2, 0) is 6.42 Å². The van der Waals surface area contributed by atoms with Crippen LogP contribution in [0.2, 0.25) is 5.02 Å². The van der Waals surface area contributed by atoms with Crippen LogP contribution < -0.4 is 5.48 Å². The van der Waals surface area contributed by atoms with E-state index >= 15 is 0 Å². The minimum absolute atomic E-state index is 0.695. The van der Waals surface area contributed by atoms with Gasteiger partial charge in [-0.1, -0.05) is 36.6 Å². The first-order valence-corrected chi connectivity index (χ1v) is 5.82. The molecule has 0 atom stereocenters. The van der Waals surface area contributed by atoms with Crippen LogP contribution in [0.15, 0.2) is 24.3 Å². The smallest absolute Gasteiger partial charge is 0.0406 e. The predicted octanol–water partition coefficient (Wildman–Crippen LogP) is 3.42. The SMILES string of the molecule is ONCCCCCCc1ccc(Cl)cc1. The Hall–Kier alpha value is -0.570. The Bertz CT molecular complexity index is 261. The molecule has 0 aromatic heterocycles. The highest BCUT2D eigenvalue weighted by Gasteiger charge is 1.94. The highest BCUT2D eigenvalue weighted by Crippen LogP contribution is 2.12. The van der Waals surface area contributed by atoms with Crippen molar-refractivity contribution in [2.45, 2.75) is 32.1 Å². The van der Waals surface area contributed by atoms with Gasteiger partial charge in [-0.2, -0.15) is 0 Å². The van der Waals surface area contributed by atoms with Crippen molar-refractivity contribution in [1.82, 2.24) is 5.48 Å². The minimum atomic E-state index is 0.695. The molecule has 0 aliphatic carbocycles. The number of rotatable bonds is 7. The van der Waals surface area contributed by atoms with Gasteiger partial charge in [0.1, 0.15) is 0 Å². The van der Waals surface area contributed by atoms with E-state index in [1.165, 1.54) is 24.8 Å². The fourth-order valence-electron chi connectivity index (χ4n) is 1.54. The number of aryl methyl sites for hydroxylation is 1. The number of hydrogen-bond acceptors (Lipinski definition) is 2. The highest BCUT2D eigenvalue weighted by molar-refractivity contribution is 6.30. The summed E-state index contributed by atoms with van der Waals surface area (Å²) in [5.74, 6) is 0. The van der Waals surface area contributed by atoms with Gasteiger partial charge in [0.2, 0.25) is 0 Å². The van der Waals surface area contributed by atoms with E-state index in [0.717, 1.165) is 17.9 Å². The molecule has 0 fully saturated rings. The van der Waals surface area contributed by atoms with E-state index < -0.39 is 0 Å². The lowest BCUT2D eigenvalue weighted by molar-refractivity contribution is 0.164. The van der Waals surface area contributed by atoms with Gasteiger partial charge in [-0.05, 0) is 37.0 Å². The van der Waals surface area contributed by atoms with Crippen LogP contribution in [0, 0.1) is 0 Å². The maximum absolute atomic E-state index is 8.36. The molecule has 2 N–H and O–H groups in total. The summed E-state index contributed by atoms with van der Waals surface area (Å²) in [6.07, 6.45) is 5.74. The molecule has 2 nitrogen and oxygen atoms in total. The largest absolute Gasteiger partial charge is 0.317 e. The fraction of sp³-hybridized carbons (Fsp3) is 0.500. The molecule has 0 saturated carbocycles.